The van der Waals surface area contributed by atoms with Crippen molar-refractivity contribution >= 4 is 172 Å². The number of para-hydroxylation sites is 8. The van der Waals surface area contributed by atoms with Crippen LogP contribution in [0.1, 0.15) is 0 Å². The molecule has 6 aliphatic heterocycles. The fraction of sp³-hybridized carbons (Fsp3) is 0. The molecular weight excluding hydrogens is 1060 g/mol. The summed E-state index contributed by atoms with van der Waals surface area (Å²) in [4.78, 5) is 27.6. The molecule has 8 nitrogen and oxygen atoms in total. The van der Waals surface area contributed by atoms with Gasteiger partial charge in [-0.3, -0.25) is 9.97 Å². The van der Waals surface area contributed by atoms with Crippen molar-refractivity contribution in [2.75, 3.05) is 29.4 Å². The normalized spacial score (nSPS) is 14.0. The van der Waals surface area contributed by atoms with Gasteiger partial charge in [-0.2, -0.15) is 0 Å². The van der Waals surface area contributed by atoms with Gasteiger partial charge in [0.25, 0.3) is 20.1 Å². The molecular formula is C76H49B3N8. The molecule has 0 N–H and O–H groups in total. The van der Waals surface area contributed by atoms with E-state index < -0.39 is 6.71 Å². The van der Waals surface area contributed by atoms with Gasteiger partial charge in [-0.05, 0) is 161 Å². The lowest BCUT2D eigenvalue weighted by Gasteiger charge is -2.47. The molecule has 6 aliphatic rings. The lowest BCUT2D eigenvalue weighted by molar-refractivity contribution is 1.19. The Kier molecular flexibility index (Phi) is 10.3. The van der Waals surface area contributed by atoms with E-state index in [9.17, 15) is 0 Å². The van der Waals surface area contributed by atoms with E-state index >= 15 is 0 Å². The van der Waals surface area contributed by atoms with Crippen molar-refractivity contribution in [3.63, 3.8) is 0 Å². The molecule has 0 unspecified atom stereocenters. The second-order valence-electron chi connectivity index (χ2n) is 23.2. The summed E-state index contributed by atoms with van der Waals surface area (Å²) < 4.78 is 0. The smallest absolute Gasteiger partial charge is 0.298 e. The summed E-state index contributed by atoms with van der Waals surface area (Å²) in [6.45, 7) is -0.828. The molecule has 0 atom stereocenters. The highest BCUT2D eigenvalue weighted by Crippen LogP contribution is 2.50. The minimum Gasteiger partial charge on any atom is -0.311 e. The molecule has 0 saturated heterocycles. The van der Waals surface area contributed by atoms with Crippen LogP contribution in [0.25, 0.3) is 0 Å². The van der Waals surface area contributed by atoms with Gasteiger partial charge in [-0.25, -0.2) is 0 Å². The fourth-order valence-electron chi connectivity index (χ4n) is 15.4. The first kappa shape index (κ1) is 48.1. The maximum absolute atomic E-state index is 6.43. The zero-order valence-electron chi connectivity index (χ0n) is 47.1. The van der Waals surface area contributed by atoms with Crippen molar-refractivity contribution < 1.29 is 0 Å². The Morgan fingerprint density at radius 3 is 0.667 bits per heavy atom. The summed E-state index contributed by atoms with van der Waals surface area (Å²) >= 11 is 0. The monoisotopic (exact) mass is 1110 g/mol. The zero-order chi connectivity index (χ0) is 56.8. The molecule has 0 amide bonds. The van der Waals surface area contributed by atoms with Crippen LogP contribution < -0.4 is 79.1 Å². The molecule has 0 bridgehead atoms. The van der Waals surface area contributed by atoms with Gasteiger partial charge in [0.2, 0.25) is 0 Å². The van der Waals surface area contributed by atoms with Gasteiger partial charge in [0.1, 0.15) is 0 Å². The number of pyridine rings is 2. The molecule has 87 heavy (non-hydrogen) atoms. The summed E-state index contributed by atoms with van der Waals surface area (Å²) in [5.41, 5.74) is 29.6. The van der Waals surface area contributed by atoms with Crippen LogP contribution >= 0.6 is 0 Å². The van der Waals surface area contributed by atoms with Crippen molar-refractivity contribution in [1.29, 1.82) is 0 Å². The molecule has 0 radical (unpaired) electrons. The molecule has 8 heterocycles. The molecule has 0 fully saturated rings. The van der Waals surface area contributed by atoms with Crippen LogP contribution in [0.3, 0.4) is 0 Å². The fourth-order valence-corrected chi connectivity index (χ4v) is 15.4. The van der Waals surface area contributed by atoms with E-state index in [1.807, 2.05) is 0 Å². The number of anilines is 18. The van der Waals surface area contributed by atoms with Gasteiger partial charge in [0, 0.05) is 102 Å². The molecule has 0 aliphatic carbocycles. The van der Waals surface area contributed by atoms with Crippen molar-refractivity contribution in [2.45, 2.75) is 0 Å². The first-order chi connectivity index (χ1) is 43.2. The number of hydrogen-bond donors (Lipinski definition) is 0. The van der Waals surface area contributed by atoms with E-state index in [4.69, 9.17) is 9.97 Å². The SMILES string of the molecule is c1ccc(N2c3ccccc3B3c4nc5c(cc4N(c4ccccc4)c4cccc2c43)N(c2ccccc2)c2cccc3c2B5c2nc4c(cc2N3c2ccccc2)N(c2ccccc2)c2cccc3c2B4c2ccccc2N3c2ccccc2)cc1. The van der Waals surface area contributed by atoms with Crippen molar-refractivity contribution in [2.24, 2.45) is 0 Å². The minimum atomic E-state index is -0.403. The first-order valence-corrected chi connectivity index (χ1v) is 30.0. The lowest BCUT2D eigenvalue weighted by Crippen LogP contribution is -2.69. The topological polar surface area (TPSA) is 45.2 Å². The Balaban J connectivity index is 0.930. The number of hydrogen-bond acceptors (Lipinski definition) is 8. The number of fused-ring (bicyclic) bond motifs is 12. The molecule has 2 aromatic heterocycles. The Labute approximate surface area is 506 Å². The highest BCUT2D eigenvalue weighted by molar-refractivity contribution is 7.03. The highest BCUT2D eigenvalue weighted by atomic mass is 15.2. The van der Waals surface area contributed by atoms with Crippen molar-refractivity contribution in [3.05, 3.63) is 297 Å². The third-order valence-corrected chi connectivity index (χ3v) is 18.7. The lowest BCUT2D eigenvalue weighted by atomic mass is 9.32. The largest absolute Gasteiger partial charge is 0.311 e. The maximum atomic E-state index is 6.43. The van der Waals surface area contributed by atoms with Gasteiger partial charge in [-0.15, -0.1) is 0 Å². The zero-order valence-corrected chi connectivity index (χ0v) is 47.1. The van der Waals surface area contributed by atoms with Crippen LogP contribution in [0.5, 0.6) is 0 Å². The van der Waals surface area contributed by atoms with Crippen LogP contribution in [0, 0.1) is 0 Å². The molecule has 402 valence electrons. The Hall–Kier alpha value is -11.3. The number of rotatable bonds is 6. The van der Waals surface area contributed by atoms with E-state index in [1.54, 1.807) is 0 Å². The standard InChI is InChI=1S/C76H49B3N8/c1-7-26-50(27-8-1)82-58-40-21-19-38-56(58)77-70-60(82)42-23-44-62(70)84(52-30-11-3-12-31-52)66-48-68-75(80-73(66)77)79-72-64(86(68)54-34-15-5-16-35-54)46-25-47-65(72)87(55-36-17-6-18-37-55)69-49-67-74(81-76(69)79)78-57-39-20-22-41-59(57)83(51-28-9-2-10-29-51)61-43-24-45-63(71(61)78)85(67)53-32-13-4-14-33-53/h1-49H. The average Bonchev–Trinajstić information content (AvgIpc) is 0.852. The van der Waals surface area contributed by atoms with E-state index in [1.165, 1.54) is 21.9 Å². The number of aromatic nitrogens is 2. The summed E-state index contributed by atoms with van der Waals surface area (Å²) in [6, 6.07) is 109. The van der Waals surface area contributed by atoms with Gasteiger partial charge >= 0.3 is 0 Å². The van der Waals surface area contributed by atoms with Crippen LogP contribution in [-0.4, -0.2) is 30.1 Å². The summed E-state index contributed by atoms with van der Waals surface area (Å²) in [6.07, 6.45) is 0. The highest BCUT2D eigenvalue weighted by Gasteiger charge is 2.52. The number of nitrogens with zero attached hydrogens (tertiary/aromatic N) is 8. The summed E-state index contributed by atoms with van der Waals surface area (Å²) in [5.74, 6) is 0. The summed E-state index contributed by atoms with van der Waals surface area (Å²) in [7, 11) is 0. The minimum absolute atomic E-state index is 0.213. The molecule has 13 aromatic rings. The Morgan fingerprint density at radius 1 is 0.184 bits per heavy atom. The van der Waals surface area contributed by atoms with Crippen molar-refractivity contribution in [1.82, 2.24) is 9.97 Å². The van der Waals surface area contributed by atoms with Crippen molar-refractivity contribution in [3.8, 4) is 0 Å². The van der Waals surface area contributed by atoms with Gasteiger partial charge in [0.15, 0.2) is 0 Å². The molecule has 0 spiro atoms. The van der Waals surface area contributed by atoms with Crippen LogP contribution in [-0.2, 0) is 0 Å². The predicted octanol–water partition coefficient (Wildman–Crippen LogP) is 12.7. The predicted molar refractivity (Wildman–Crippen MR) is 364 cm³/mol. The second-order valence-corrected chi connectivity index (χ2v) is 23.2. The molecule has 11 aromatic carbocycles. The summed E-state index contributed by atoms with van der Waals surface area (Å²) in [5, 5.41) is 0. The Morgan fingerprint density at radius 2 is 0.391 bits per heavy atom. The first-order valence-electron chi connectivity index (χ1n) is 30.0. The van der Waals surface area contributed by atoms with E-state index in [0.29, 0.717) is 0 Å². The van der Waals surface area contributed by atoms with Crippen LogP contribution in [0.4, 0.5) is 102 Å². The molecule has 11 heteroatoms. The second kappa shape index (κ2) is 18.6. The number of benzene rings is 11. The molecule has 0 saturated carbocycles. The molecule has 19 rings (SSSR count). The average molecular weight is 1110 g/mol. The van der Waals surface area contributed by atoms with Crippen LogP contribution in [0.15, 0.2) is 297 Å². The van der Waals surface area contributed by atoms with Gasteiger partial charge in [-0.1, -0.05) is 164 Å². The van der Waals surface area contributed by atoms with Gasteiger partial charge < -0.3 is 29.4 Å². The van der Waals surface area contributed by atoms with Gasteiger partial charge in [0.05, 0.1) is 22.7 Å². The third kappa shape index (κ3) is 6.82. The van der Waals surface area contributed by atoms with E-state index in [0.717, 1.165) is 130 Å². The third-order valence-electron chi connectivity index (χ3n) is 18.7. The quantitative estimate of drug-likeness (QED) is 0.153. The Bertz CT molecular complexity index is 4640. The maximum Gasteiger partial charge on any atom is 0.298 e. The van der Waals surface area contributed by atoms with E-state index in [2.05, 4.69) is 327 Å². The van der Waals surface area contributed by atoms with Crippen LogP contribution in [0.2, 0.25) is 0 Å². The van der Waals surface area contributed by atoms with E-state index in [-0.39, 0.29) is 13.4 Å².